The summed E-state index contributed by atoms with van der Waals surface area (Å²) in [4.78, 5) is 24.7. The SMILES string of the molecule is CC1OCc2c1c(N)nc1cc(Cl)c(C(=O)N(Cc3ccc(C#Cc4ccn(C)n4)cn3)C3CC3)cc21. The van der Waals surface area contributed by atoms with Crippen molar-refractivity contribution in [2.75, 3.05) is 5.73 Å². The Hall–Kier alpha value is -3.93. The topological polar surface area (TPSA) is 99.2 Å². The van der Waals surface area contributed by atoms with Crippen molar-refractivity contribution >= 4 is 34.2 Å². The van der Waals surface area contributed by atoms with Crippen molar-refractivity contribution in [1.29, 1.82) is 0 Å². The lowest BCUT2D eigenvalue weighted by Gasteiger charge is -2.23. The smallest absolute Gasteiger partial charge is 0.255 e. The number of carbonyl (C=O) groups excluding carboxylic acids is 1. The van der Waals surface area contributed by atoms with Crippen LogP contribution in [-0.2, 0) is 24.9 Å². The Morgan fingerprint density at radius 1 is 1.27 bits per heavy atom. The van der Waals surface area contributed by atoms with Crippen molar-refractivity contribution < 1.29 is 9.53 Å². The molecule has 1 fully saturated rings. The monoisotopic (exact) mass is 512 g/mol. The predicted octanol–water partition coefficient (Wildman–Crippen LogP) is 4.39. The van der Waals surface area contributed by atoms with Crippen molar-refractivity contribution in [3.8, 4) is 11.8 Å². The number of nitrogens with zero attached hydrogens (tertiary/aromatic N) is 5. The summed E-state index contributed by atoms with van der Waals surface area (Å²) in [5.41, 5.74) is 11.4. The van der Waals surface area contributed by atoms with Crippen molar-refractivity contribution in [3.63, 3.8) is 0 Å². The Kier molecular flexibility index (Phi) is 5.82. The fourth-order valence-corrected chi connectivity index (χ4v) is 4.98. The summed E-state index contributed by atoms with van der Waals surface area (Å²) in [6.07, 6.45) is 5.37. The van der Waals surface area contributed by atoms with Crippen LogP contribution >= 0.6 is 11.6 Å². The number of halogens is 1. The highest BCUT2D eigenvalue weighted by Gasteiger charge is 2.35. The van der Waals surface area contributed by atoms with Crippen LogP contribution in [0.1, 0.15) is 64.3 Å². The molecule has 0 bridgehead atoms. The van der Waals surface area contributed by atoms with E-state index in [0.29, 0.717) is 40.8 Å². The molecule has 4 aromatic rings. The summed E-state index contributed by atoms with van der Waals surface area (Å²) >= 11 is 6.61. The Morgan fingerprint density at radius 2 is 2.11 bits per heavy atom. The maximum Gasteiger partial charge on any atom is 0.255 e. The van der Waals surface area contributed by atoms with Gasteiger partial charge in [-0.1, -0.05) is 17.5 Å². The lowest BCUT2D eigenvalue weighted by Crippen LogP contribution is -2.33. The maximum absolute atomic E-state index is 13.8. The fourth-order valence-electron chi connectivity index (χ4n) is 4.74. The third kappa shape index (κ3) is 4.52. The first-order chi connectivity index (χ1) is 17.9. The third-order valence-corrected chi connectivity index (χ3v) is 7.13. The fraction of sp³-hybridized carbons (Fsp3) is 0.286. The molecule has 1 saturated carbocycles. The van der Waals surface area contributed by atoms with Crippen LogP contribution in [0.4, 0.5) is 5.82 Å². The van der Waals surface area contributed by atoms with Gasteiger partial charge in [0.25, 0.3) is 5.91 Å². The number of rotatable bonds is 4. The van der Waals surface area contributed by atoms with Crippen molar-refractivity contribution in [2.24, 2.45) is 7.05 Å². The van der Waals surface area contributed by atoms with E-state index in [1.54, 1.807) is 16.9 Å². The van der Waals surface area contributed by atoms with Crippen LogP contribution in [-0.4, -0.2) is 36.6 Å². The van der Waals surface area contributed by atoms with Crippen LogP contribution in [0.5, 0.6) is 0 Å². The van der Waals surface area contributed by atoms with Gasteiger partial charge in [0.05, 0.1) is 41.1 Å². The number of hydrogen-bond acceptors (Lipinski definition) is 6. The molecule has 2 aliphatic rings. The lowest BCUT2D eigenvalue weighted by atomic mass is 10.00. The molecule has 1 aliphatic heterocycles. The molecule has 3 aromatic heterocycles. The third-order valence-electron chi connectivity index (χ3n) is 6.82. The van der Waals surface area contributed by atoms with Gasteiger partial charge in [0.2, 0.25) is 0 Å². The van der Waals surface area contributed by atoms with Gasteiger partial charge in [-0.15, -0.1) is 0 Å². The predicted molar refractivity (Wildman–Crippen MR) is 141 cm³/mol. The number of aryl methyl sites for hydroxylation is 1. The number of nitrogens with two attached hydrogens (primary N) is 1. The number of anilines is 1. The molecular formula is C28H25ClN6O2. The summed E-state index contributed by atoms with van der Waals surface area (Å²) in [7, 11) is 1.85. The van der Waals surface area contributed by atoms with Crippen molar-refractivity contribution in [3.05, 3.63) is 81.4 Å². The normalized spacial score (nSPS) is 16.4. The zero-order chi connectivity index (χ0) is 25.7. The Bertz CT molecular complexity index is 1600. The minimum Gasteiger partial charge on any atom is -0.383 e. The van der Waals surface area contributed by atoms with E-state index in [1.165, 1.54) is 0 Å². The molecule has 1 unspecified atom stereocenters. The molecule has 4 heterocycles. The van der Waals surface area contributed by atoms with Gasteiger partial charge in [-0.2, -0.15) is 5.10 Å². The van der Waals surface area contributed by atoms with Gasteiger partial charge in [0.15, 0.2) is 0 Å². The standard InChI is InChI=1S/C28H25ClN6O2/c1-16-26-23(15-37-16)21-11-22(24(29)12-25(21)32-27(26)30)28(36)35(20-7-8-20)14-19-6-4-17(13-31-19)3-5-18-9-10-34(2)33-18/h4,6,9-13,16,20H,7-8,14-15H2,1-2H3,(H2,30,32). The number of carbonyl (C=O) groups is 1. The number of nitrogen functional groups attached to an aromatic ring is 1. The second-order valence-electron chi connectivity index (χ2n) is 9.52. The summed E-state index contributed by atoms with van der Waals surface area (Å²) in [5, 5.41) is 5.47. The first kappa shape index (κ1) is 23.5. The molecule has 0 radical (unpaired) electrons. The van der Waals surface area contributed by atoms with E-state index < -0.39 is 0 Å². The molecule has 186 valence electrons. The number of ether oxygens (including phenoxy) is 1. The maximum atomic E-state index is 13.8. The van der Waals surface area contributed by atoms with E-state index in [-0.39, 0.29) is 18.1 Å². The largest absolute Gasteiger partial charge is 0.383 e. The second kappa shape index (κ2) is 9.18. The molecule has 1 aliphatic carbocycles. The number of pyridine rings is 2. The Balaban J connectivity index is 1.27. The molecule has 37 heavy (non-hydrogen) atoms. The van der Waals surface area contributed by atoms with E-state index in [9.17, 15) is 4.79 Å². The van der Waals surface area contributed by atoms with Crippen LogP contribution in [0.25, 0.3) is 10.9 Å². The first-order valence-corrected chi connectivity index (χ1v) is 12.6. The van der Waals surface area contributed by atoms with E-state index in [2.05, 4.69) is 26.9 Å². The summed E-state index contributed by atoms with van der Waals surface area (Å²) in [6.45, 7) is 2.78. The van der Waals surface area contributed by atoms with Gasteiger partial charge in [-0.3, -0.25) is 14.5 Å². The van der Waals surface area contributed by atoms with E-state index >= 15 is 0 Å². The van der Waals surface area contributed by atoms with E-state index in [0.717, 1.165) is 40.6 Å². The van der Waals surface area contributed by atoms with E-state index in [1.807, 2.05) is 49.3 Å². The quantitative estimate of drug-likeness (QED) is 0.407. The molecule has 0 spiro atoms. The van der Waals surface area contributed by atoms with Gasteiger partial charge >= 0.3 is 0 Å². The average molecular weight is 513 g/mol. The second-order valence-corrected chi connectivity index (χ2v) is 9.93. The van der Waals surface area contributed by atoms with Crippen LogP contribution in [0, 0.1) is 11.8 Å². The Morgan fingerprint density at radius 3 is 2.81 bits per heavy atom. The zero-order valence-electron chi connectivity index (χ0n) is 20.5. The molecule has 2 N–H and O–H groups in total. The van der Waals surface area contributed by atoms with Crippen molar-refractivity contribution in [1.82, 2.24) is 24.6 Å². The Labute approximate surface area is 219 Å². The van der Waals surface area contributed by atoms with Crippen LogP contribution in [0.2, 0.25) is 5.02 Å². The number of aromatic nitrogens is 4. The zero-order valence-corrected chi connectivity index (χ0v) is 21.3. The molecule has 0 saturated heterocycles. The van der Waals surface area contributed by atoms with Crippen molar-refractivity contribution in [2.45, 2.75) is 45.1 Å². The summed E-state index contributed by atoms with van der Waals surface area (Å²) in [5.74, 6) is 6.44. The average Bonchev–Trinajstić information content (AvgIpc) is 3.52. The molecule has 6 rings (SSSR count). The number of hydrogen-bond donors (Lipinski definition) is 1. The number of amides is 1. The molecular weight excluding hydrogens is 488 g/mol. The summed E-state index contributed by atoms with van der Waals surface area (Å²) in [6, 6.07) is 9.42. The highest BCUT2D eigenvalue weighted by Crippen LogP contribution is 2.40. The van der Waals surface area contributed by atoms with Gasteiger partial charge in [-0.25, -0.2) is 4.98 Å². The highest BCUT2D eigenvalue weighted by atomic mass is 35.5. The number of benzene rings is 1. The van der Waals surface area contributed by atoms with Crippen LogP contribution in [0.15, 0.2) is 42.7 Å². The van der Waals surface area contributed by atoms with E-state index in [4.69, 9.17) is 22.1 Å². The van der Waals surface area contributed by atoms with Gasteiger partial charge in [-0.05, 0) is 61.6 Å². The highest BCUT2D eigenvalue weighted by molar-refractivity contribution is 6.34. The lowest BCUT2D eigenvalue weighted by molar-refractivity contribution is 0.0727. The van der Waals surface area contributed by atoms with Gasteiger partial charge < -0.3 is 15.4 Å². The molecule has 1 amide bonds. The minimum absolute atomic E-state index is 0.118. The van der Waals surface area contributed by atoms with Crippen LogP contribution in [0.3, 0.4) is 0 Å². The summed E-state index contributed by atoms with van der Waals surface area (Å²) < 4.78 is 7.51. The molecule has 1 aromatic carbocycles. The minimum atomic E-state index is -0.132. The number of fused-ring (bicyclic) bond motifs is 3. The first-order valence-electron chi connectivity index (χ1n) is 12.2. The van der Waals surface area contributed by atoms with Crippen LogP contribution < -0.4 is 5.73 Å². The van der Waals surface area contributed by atoms with Gasteiger partial charge in [0.1, 0.15) is 11.5 Å². The molecule has 9 heteroatoms. The van der Waals surface area contributed by atoms with Gasteiger partial charge in [0, 0.05) is 42.0 Å². The molecule has 8 nitrogen and oxygen atoms in total. The molecule has 1 atom stereocenters.